The summed E-state index contributed by atoms with van der Waals surface area (Å²) in [6.45, 7) is 5.39. The van der Waals surface area contributed by atoms with E-state index < -0.39 is 24.2 Å². The van der Waals surface area contributed by atoms with Crippen molar-refractivity contribution in [1.29, 1.82) is 0 Å². The largest absolute Gasteiger partial charge is 0.394 e. The molecular formula is C17H23NO5. The van der Waals surface area contributed by atoms with Crippen molar-refractivity contribution in [3.8, 4) is 0 Å². The number of aliphatic hydroxyl groups is 1. The van der Waals surface area contributed by atoms with Gasteiger partial charge in [0.05, 0.1) is 19.3 Å². The molecule has 1 unspecified atom stereocenters. The second-order valence-corrected chi connectivity index (χ2v) is 6.43. The number of aliphatic hydroxyl groups excluding tert-OH is 1. The van der Waals surface area contributed by atoms with E-state index in [0.717, 1.165) is 5.56 Å². The van der Waals surface area contributed by atoms with Crippen molar-refractivity contribution in [2.75, 3.05) is 6.61 Å². The maximum Gasteiger partial charge on any atom is 0.222 e. The minimum Gasteiger partial charge on any atom is -0.394 e. The summed E-state index contributed by atoms with van der Waals surface area (Å²) in [5.41, 5.74) is 0.285. The van der Waals surface area contributed by atoms with Gasteiger partial charge in [0.15, 0.2) is 6.29 Å². The number of amides is 1. The SMILES string of the molecule is CC(=O)N1[C@@H]2[C@@H](CO)OC(OCc3ccccc3)[C@@H]2OC1(C)C. The van der Waals surface area contributed by atoms with Crippen molar-refractivity contribution >= 4 is 5.91 Å². The van der Waals surface area contributed by atoms with Gasteiger partial charge in [-0.2, -0.15) is 0 Å². The van der Waals surface area contributed by atoms with Crippen molar-refractivity contribution in [3.63, 3.8) is 0 Å². The molecule has 6 nitrogen and oxygen atoms in total. The Kier molecular flexibility index (Phi) is 4.42. The van der Waals surface area contributed by atoms with E-state index in [1.54, 1.807) is 4.90 Å². The van der Waals surface area contributed by atoms with Gasteiger partial charge in [0.2, 0.25) is 5.91 Å². The van der Waals surface area contributed by atoms with Gasteiger partial charge >= 0.3 is 0 Å². The molecule has 3 rings (SSSR count). The van der Waals surface area contributed by atoms with E-state index in [0.29, 0.717) is 6.61 Å². The molecule has 0 saturated carbocycles. The molecule has 4 atom stereocenters. The number of rotatable bonds is 4. The minimum atomic E-state index is -0.743. The maximum atomic E-state index is 12.0. The van der Waals surface area contributed by atoms with E-state index in [1.165, 1.54) is 6.92 Å². The van der Waals surface area contributed by atoms with Gasteiger partial charge in [-0.1, -0.05) is 30.3 Å². The van der Waals surface area contributed by atoms with Crippen LogP contribution in [0.1, 0.15) is 26.3 Å². The molecule has 2 aliphatic heterocycles. The molecule has 0 radical (unpaired) electrons. The molecule has 126 valence electrons. The third-order valence-corrected chi connectivity index (χ3v) is 4.37. The number of hydrogen-bond acceptors (Lipinski definition) is 5. The molecule has 0 spiro atoms. The highest BCUT2D eigenvalue weighted by Crippen LogP contribution is 2.41. The average Bonchev–Trinajstić information content (AvgIpc) is 2.97. The Hall–Kier alpha value is -1.47. The number of nitrogens with zero attached hydrogens (tertiary/aromatic N) is 1. The van der Waals surface area contributed by atoms with Gasteiger partial charge in [-0.15, -0.1) is 0 Å². The highest BCUT2D eigenvalue weighted by atomic mass is 16.7. The van der Waals surface area contributed by atoms with Crippen molar-refractivity contribution in [3.05, 3.63) is 35.9 Å². The first-order valence-corrected chi connectivity index (χ1v) is 7.83. The minimum absolute atomic E-state index is 0.103. The lowest BCUT2D eigenvalue weighted by atomic mass is 10.1. The zero-order valence-electron chi connectivity index (χ0n) is 13.6. The van der Waals surface area contributed by atoms with Crippen LogP contribution in [0.25, 0.3) is 0 Å². The predicted octanol–water partition coefficient (Wildman–Crippen LogP) is 1.27. The fourth-order valence-electron chi connectivity index (χ4n) is 3.52. The van der Waals surface area contributed by atoms with Gasteiger partial charge in [-0.3, -0.25) is 4.79 Å². The van der Waals surface area contributed by atoms with Crippen LogP contribution in [-0.2, 0) is 25.6 Å². The summed E-state index contributed by atoms with van der Waals surface area (Å²) in [7, 11) is 0. The quantitative estimate of drug-likeness (QED) is 0.904. The van der Waals surface area contributed by atoms with Gasteiger partial charge < -0.3 is 24.2 Å². The Morgan fingerprint density at radius 2 is 2.04 bits per heavy atom. The summed E-state index contributed by atoms with van der Waals surface area (Å²) >= 11 is 0. The Balaban J connectivity index is 1.76. The highest BCUT2D eigenvalue weighted by Gasteiger charge is 2.59. The first-order valence-electron chi connectivity index (χ1n) is 7.83. The smallest absolute Gasteiger partial charge is 0.222 e. The molecule has 2 heterocycles. The van der Waals surface area contributed by atoms with Crippen LogP contribution in [0.3, 0.4) is 0 Å². The molecule has 1 amide bonds. The van der Waals surface area contributed by atoms with E-state index in [9.17, 15) is 9.90 Å². The number of hydrogen-bond donors (Lipinski definition) is 1. The summed E-state index contributed by atoms with van der Waals surface area (Å²) in [5.74, 6) is -0.103. The molecule has 23 heavy (non-hydrogen) atoms. The summed E-state index contributed by atoms with van der Waals surface area (Å²) < 4.78 is 17.7. The van der Waals surface area contributed by atoms with E-state index in [4.69, 9.17) is 14.2 Å². The number of fused-ring (bicyclic) bond motifs is 1. The molecule has 0 aliphatic carbocycles. The molecule has 1 aromatic carbocycles. The van der Waals surface area contributed by atoms with Gasteiger partial charge in [0.1, 0.15) is 17.9 Å². The van der Waals surface area contributed by atoms with Crippen molar-refractivity contribution < 1.29 is 24.1 Å². The molecule has 6 heteroatoms. The Bertz CT molecular complexity index is 561. The van der Waals surface area contributed by atoms with Crippen LogP contribution in [0.2, 0.25) is 0 Å². The van der Waals surface area contributed by atoms with E-state index in [1.807, 2.05) is 44.2 Å². The van der Waals surface area contributed by atoms with Crippen molar-refractivity contribution in [2.45, 2.75) is 57.6 Å². The lowest BCUT2D eigenvalue weighted by Crippen LogP contribution is -2.51. The van der Waals surface area contributed by atoms with Gasteiger partial charge in [0.25, 0.3) is 0 Å². The maximum absolute atomic E-state index is 12.0. The number of carbonyl (C=O) groups is 1. The topological polar surface area (TPSA) is 68.2 Å². The second-order valence-electron chi connectivity index (χ2n) is 6.43. The zero-order valence-corrected chi connectivity index (χ0v) is 13.6. The van der Waals surface area contributed by atoms with Crippen molar-refractivity contribution in [2.24, 2.45) is 0 Å². The van der Waals surface area contributed by atoms with Crippen LogP contribution >= 0.6 is 0 Å². The Morgan fingerprint density at radius 3 is 2.65 bits per heavy atom. The summed E-state index contributed by atoms with van der Waals surface area (Å²) in [4.78, 5) is 13.7. The van der Waals surface area contributed by atoms with Crippen LogP contribution in [0, 0.1) is 0 Å². The number of carbonyl (C=O) groups excluding carboxylic acids is 1. The third-order valence-electron chi connectivity index (χ3n) is 4.37. The highest BCUT2D eigenvalue weighted by molar-refractivity contribution is 5.75. The molecule has 0 bridgehead atoms. The van der Waals surface area contributed by atoms with Crippen LogP contribution in [0.4, 0.5) is 0 Å². The average molecular weight is 321 g/mol. The molecule has 1 aromatic rings. The first-order chi connectivity index (χ1) is 10.9. The summed E-state index contributed by atoms with van der Waals surface area (Å²) in [6.07, 6.45) is -1.53. The zero-order chi connectivity index (χ0) is 16.6. The van der Waals surface area contributed by atoms with Crippen LogP contribution in [0.5, 0.6) is 0 Å². The van der Waals surface area contributed by atoms with Crippen LogP contribution < -0.4 is 0 Å². The second kappa shape index (κ2) is 6.20. The monoisotopic (exact) mass is 321 g/mol. The van der Waals surface area contributed by atoms with Crippen LogP contribution in [0.15, 0.2) is 30.3 Å². The predicted molar refractivity (Wildman–Crippen MR) is 82.2 cm³/mol. The lowest BCUT2D eigenvalue weighted by molar-refractivity contribution is -0.215. The number of benzene rings is 1. The standard InChI is InChI=1S/C17H23NO5/c1-11(20)18-14-13(9-19)22-16(15(14)23-17(18,2)3)21-10-12-7-5-4-6-8-12/h4-8,13-16,19H,9-10H2,1-3H3/t13-,14-,15-,16?/m1/s1. The molecule has 2 aliphatic rings. The van der Waals surface area contributed by atoms with Gasteiger partial charge in [0, 0.05) is 6.92 Å². The molecular weight excluding hydrogens is 298 g/mol. The Labute approximate surface area is 135 Å². The van der Waals surface area contributed by atoms with E-state index in [2.05, 4.69) is 0 Å². The van der Waals surface area contributed by atoms with Crippen molar-refractivity contribution in [1.82, 2.24) is 4.90 Å². The normalized spacial score (nSPS) is 32.1. The van der Waals surface area contributed by atoms with Gasteiger partial charge in [-0.05, 0) is 19.4 Å². The summed E-state index contributed by atoms with van der Waals surface area (Å²) in [6, 6.07) is 9.43. The fourth-order valence-corrected chi connectivity index (χ4v) is 3.52. The molecule has 2 fully saturated rings. The fraction of sp³-hybridized carbons (Fsp3) is 0.588. The van der Waals surface area contributed by atoms with Crippen LogP contribution in [-0.4, -0.2) is 52.8 Å². The number of ether oxygens (including phenoxy) is 3. The van der Waals surface area contributed by atoms with E-state index >= 15 is 0 Å². The van der Waals surface area contributed by atoms with Gasteiger partial charge in [-0.25, -0.2) is 0 Å². The Morgan fingerprint density at radius 1 is 1.35 bits per heavy atom. The van der Waals surface area contributed by atoms with E-state index in [-0.39, 0.29) is 18.6 Å². The molecule has 1 N–H and O–H groups in total. The molecule has 2 saturated heterocycles. The molecule has 0 aromatic heterocycles. The first kappa shape index (κ1) is 16.4. The third kappa shape index (κ3) is 2.99. The summed E-state index contributed by atoms with van der Waals surface area (Å²) in [5, 5.41) is 9.61. The lowest BCUT2D eigenvalue weighted by Gasteiger charge is -2.34.